The summed E-state index contributed by atoms with van der Waals surface area (Å²) in [6.45, 7) is 5.93. The van der Waals surface area contributed by atoms with Crippen molar-refractivity contribution in [2.75, 3.05) is 18.0 Å². The molecule has 0 bridgehead atoms. The third kappa shape index (κ3) is 3.50. The van der Waals surface area contributed by atoms with Gasteiger partial charge in [-0.3, -0.25) is 4.99 Å². The first kappa shape index (κ1) is 17.5. The maximum absolute atomic E-state index is 14.6. The molecular weight excluding hydrogens is 341 g/mol. The van der Waals surface area contributed by atoms with E-state index in [2.05, 4.69) is 16.6 Å². The topological polar surface area (TPSA) is 41.6 Å². The van der Waals surface area contributed by atoms with Crippen molar-refractivity contribution >= 4 is 12.5 Å². The summed E-state index contributed by atoms with van der Waals surface area (Å²) < 4.78 is 20.2. The van der Waals surface area contributed by atoms with Crippen molar-refractivity contribution in [2.24, 2.45) is 4.99 Å². The highest BCUT2D eigenvalue weighted by Crippen LogP contribution is 2.36. The molecule has 0 atom stereocenters. The highest BCUT2D eigenvalue weighted by Gasteiger charge is 2.22. The van der Waals surface area contributed by atoms with Crippen molar-refractivity contribution in [1.82, 2.24) is 4.98 Å². The Bertz CT molecular complexity index is 931. The molecule has 1 aromatic carbocycles. The summed E-state index contributed by atoms with van der Waals surface area (Å²) in [5.74, 6) is 1.27. The summed E-state index contributed by atoms with van der Waals surface area (Å²) in [5, 5.41) is 0. The zero-order valence-electron chi connectivity index (χ0n) is 15.2. The Kier molecular flexibility index (Phi) is 5.01. The Labute approximate surface area is 158 Å². The molecule has 1 saturated heterocycles. The molecule has 138 valence electrons. The molecule has 0 amide bonds. The molecule has 3 aromatic rings. The molecule has 1 fully saturated rings. The molecule has 0 saturated carbocycles. The SMILES string of the molecule is C=NCc1c(-c2ccccc2F)cc(-c2ccco2)nc1N1CCCCC1. The third-order valence-corrected chi connectivity index (χ3v) is 4.97. The molecule has 0 spiro atoms. The molecule has 0 N–H and O–H groups in total. The second-order valence-corrected chi connectivity index (χ2v) is 6.74. The fourth-order valence-electron chi connectivity index (χ4n) is 3.66. The maximum Gasteiger partial charge on any atom is 0.152 e. The zero-order chi connectivity index (χ0) is 18.6. The van der Waals surface area contributed by atoms with Gasteiger partial charge in [0.15, 0.2) is 5.76 Å². The number of rotatable bonds is 5. The van der Waals surface area contributed by atoms with Gasteiger partial charge in [-0.05, 0) is 55.8 Å². The summed E-state index contributed by atoms with van der Waals surface area (Å²) in [6.07, 6.45) is 5.11. The van der Waals surface area contributed by atoms with Crippen LogP contribution in [0.25, 0.3) is 22.6 Å². The summed E-state index contributed by atoms with van der Waals surface area (Å²) in [5.41, 5.74) is 2.95. The molecule has 1 aliphatic heterocycles. The lowest BCUT2D eigenvalue weighted by Crippen LogP contribution is -2.31. The smallest absolute Gasteiger partial charge is 0.152 e. The van der Waals surface area contributed by atoms with Gasteiger partial charge in [0.05, 0.1) is 12.8 Å². The van der Waals surface area contributed by atoms with Crippen molar-refractivity contribution in [3.8, 4) is 22.6 Å². The summed E-state index contributed by atoms with van der Waals surface area (Å²) in [4.78, 5) is 11.3. The van der Waals surface area contributed by atoms with E-state index in [1.807, 2.05) is 24.3 Å². The number of nitrogens with zero attached hydrogens (tertiary/aromatic N) is 3. The molecule has 0 aliphatic carbocycles. The number of anilines is 1. The van der Waals surface area contributed by atoms with Crippen LogP contribution in [0.1, 0.15) is 24.8 Å². The van der Waals surface area contributed by atoms with E-state index in [1.54, 1.807) is 18.4 Å². The van der Waals surface area contributed by atoms with Crippen molar-refractivity contribution in [3.05, 3.63) is 60.1 Å². The minimum absolute atomic E-state index is 0.260. The maximum atomic E-state index is 14.6. The molecule has 0 unspecified atom stereocenters. The van der Waals surface area contributed by atoms with Crippen molar-refractivity contribution < 1.29 is 8.81 Å². The highest BCUT2D eigenvalue weighted by atomic mass is 19.1. The third-order valence-electron chi connectivity index (χ3n) is 4.97. The molecule has 2 aromatic heterocycles. The lowest BCUT2D eigenvalue weighted by atomic mass is 9.97. The summed E-state index contributed by atoms with van der Waals surface area (Å²) in [7, 11) is 0. The summed E-state index contributed by atoms with van der Waals surface area (Å²) >= 11 is 0. The van der Waals surface area contributed by atoms with Crippen LogP contribution in [-0.2, 0) is 6.54 Å². The van der Waals surface area contributed by atoms with Gasteiger partial charge in [0.1, 0.15) is 17.3 Å². The van der Waals surface area contributed by atoms with E-state index in [-0.39, 0.29) is 5.82 Å². The van der Waals surface area contributed by atoms with Crippen LogP contribution in [0.3, 0.4) is 0 Å². The molecule has 1 aliphatic rings. The van der Waals surface area contributed by atoms with Crippen LogP contribution in [0.4, 0.5) is 10.2 Å². The van der Waals surface area contributed by atoms with Crippen molar-refractivity contribution in [2.45, 2.75) is 25.8 Å². The number of piperidine rings is 1. The van der Waals surface area contributed by atoms with Crippen LogP contribution in [0.15, 0.2) is 58.1 Å². The predicted molar refractivity (Wildman–Crippen MR) is 107 cm³/mol. The number of halogens is 1. The van der Waals surface area contributed by atoms with Crippen LogP contribution < -0.4 is 4.90 Å². The zero-order valence-corrected chi connectivity index (χ0v) is 15.2. The van der Waals surface area contributed by atoms with Gasteiger partial charge in [-0.25, -0.2) is 9.37 Å². The number of aliphatic imine (C=N–C) groups is 1. The molecule has 4 rings (SSSR count). The quantitative estimate of drug-likeness (QED) is 0.575. The molecule has 27 heavy (non-hydrogen) atoms. The lowest BCUT2D eigenvalue weighted by molar-refractivity contribution is 0.568. The van der Waals surface area contributed by atoms with E-state index in [0.717, 1.165) is 42.9 Å². The first-order chi connectivity index (χ1) is 13.3. The van der Waals surface area contributed by atoms with E-state index in [0.29, 0.717) is 23.6 Å². The van der Waals surface area contributed by atoms with Crippen LogP contribution in [0.2, 0.25) is 0 Å². The fraction of sp³-hybridized carbons (Fsp3) is 0.273. The van der Waals surface area contributed by atoms with Crippen LogP contribution in [0, 0.1) is 5.82 Å². The van der Waals surface area contributed by atoms with Gasteiger partial charge in [0.2, 0.25) is 0 Å². The van der Waals surface area contributed by atoms with E-state index in [1.165, 1.54) is 12.5 Å². The Morgan fingerprint density at radius 3 is 2.59 bits per heavy atom. The molecule has 4 nitrogen and oxygen atoms in total. The minimum atomic E-state index is -0.260. The van der Waals surface area contributed by atoms with Crippen LogP contribution >= 0.6 is 0 Å². The molecular formula is C22H22FN3O. The largest absolute Gasteiger partial charge is 0.463 e. The monoisotopic (exact) mass is 363 g/mol. The Balaban J connectivity index is 1.95. The standard InChI is InChI=1S/C22H22FN3O/c1-24-15-18-17(16-8-3-4-9-19(16)23)14-20(21-10-7-13-27-21)25-22(18)26-11-5-2-6-12-26/h3-4,7-10,13-14H,1-2,5-6,11-12,15H2. The van der Waals surface area contributed by atoms with Gasteiger partial charge in [0, 0.05) is 24.2 Å². The van der Waals surface area contributed by atoms with Gasteiger partial charge in [-0.1, -0.05) is 18.2 Å². The average Bonchev–Trinajstić information content (AvgIpc) is 3.24. The molecule has 3 heterocycles. The number of hydrogen-bond acceptors (Lipinski definition) is 4. The van der Waals surface area contributed by atoms with E-state index in [9.17, 15) is 4.39 Å². The fourth-order valence-corrected chi connectivity index (χ4v) is 3.66. The number of furan rings is 1. The first-order valence-electron chi connectivity index (χ1n) is 9.28. The van der Waals surface area contributed by atoms with Gasteiger partial charge < -0.3 is 9.32 Å². The van der Waals surface area contributed by atoms with Crippen molar-refractivity contribution in [3.63, 3.8) is 0 Å². The Hall–Kier alpha value is -2.95. The van der Waals surface area contributed by atoms with E-state index in [4.69, 9.17) is 9.40 Å². The lowest BCUT2D eigenvalue weighted by Gasteiger charge is -2.30. The normalized spacial score (nSPS) is 14.3. The minimum Gasteiger partial charge on any atom is -0.463 e. The first-order valence-corrected chi connectivity index (χ1v) is 9.28. The molecule has 0 radical (unpaired) electrons. The van der Waals surface area contributed by atoms with Crippen molar-refractivity contribution in [1.29, 1.82) is 0 Å². The van der Waals surface area contributed by atoms with E-state index >= 15 is 0 Å². The number of hydrogen-bond donors (Lipinski definition) is 0. The number of aromatic nitrogens is 1. The molecule has 5 heteroatoms. The average molecular weight is 363 g/mol. The Morgan fingerprint density at radius 1 is 1.07 bits per heavy atom. The number of pyridine rings is 1. The van der Waals surface area contributed by atoms with Crippen LogP contribution in [0.5, 0.6) is 0 Å². The van der Waals surface area contributed by atoms with Crippen LogP contribution in [-0.4, -0.2) is 24.8 Å². The predicted octanol–water partition coefficient (Wildman–Crippen LogP) is 5.34. The summed E-state index contributed by atoms with van der Waals surface area (Å²) in [6, 6.07) is 12.4. The van der Waals surface area contributed by atoms with Gasteiger partial charge in [0.25, 0.3) is 0 Å². The van der Waals surface area contributed by atoms with Gasteiger partial charge in [-0.2, -0.15) is 0 Å². The van der Waals surface area contributed by atoms with E-state index < -0.39 is 0 Å². The van der Waals surface area contributed by atoms with Gasteiger partial charge >= 0.3 is 0 Å². The van der Waals surface area contributed by atoms with Gasteiger partial charge in [-0.15, -0.1) is 0 Å². The number of benzene rings is 1. The second-order valence-electron chi connectivity index (χ2n) is 6.74. The highest BCUT2D eigenvalue weighted by molar-refractivity contribution is 5.77. The second kappa shape index (κ2) is 7.74. The Morgan fingerprint density at radius 2 is 1.89 bits per heavy atom.